The molecule has 3 aliphatic heterocycles. The first-order valence-corrected chi connectivity index (χ1v) is 8.57. The SMILES string of the molecule is OC[C@H]1O[C@@H](O[C@H]2[C@H](O)[C@@H](O)[C@H](CC3CO3)O[C@@H]2CO)[C@H](O)[C@@H](O)[C@@H]1O. The summed E-state index contributed by atoms with van der Waals surface area (Å²) in [5.74, 6) is 0. The van der Waals surface area contributed by atoms with Crippen LogP contribution in [0.5, 0.6) is 0 Å². The highest BCUT2D eigenvalue weighted by Crippen LogP contribution is 2.31. The second-order valence-corrected chi connectivity index (χ2v) is 6.87. The predicted octanol–water partition coefficient (Wildman–Crippen LogP) is -4.56. The smallest absolute Gasteiger partial charge is 0.187 e. The highest BCUT2D eigenvalue weighted by atomic mass is 16.7. The van der Waals surface area contributed by atoms with Crippen LogP contribution in [-0.4, -0.2) is 123 Å². The molecule has 0 radical (unpaired) electrons. The lowest BCUT2D eigenvalue weighted by molar-refractivity contribution is -0.342. The summed E-state index contributed by atoms with van der Waals surface area (Å²) in [4.78, 5) is 0. The van der Waals surface area contributed by atoms with Crippen molar-refractivity contribution in [3.63, 3.8) is 0 Å². The van der Waals surface area contributed by atoms with E-state index in [2.05, 4.69) is 0 Å². The van der Waals surface area contributed by atoms with Gasteiger partial charge in [0.05, 0.1) is 32.0 Å². The van der Waals surface area contributed by atoms with Gasteiger partial charge in [-0.25, -0.2) is 0 Å². The van der Waals surface area contributed by atoms with Crippen molar-refractivity contribution in [3.05, 3.63) is 0 Å². The highest BCUT2D eigenvalue weighted by molar-refractivity contribution is 4.96. The van der Waals surface area contributed by atoms with E-state index in [0.29, 0.717) is 13.0 Å². The van der Waals surface area contributed by atoms with Crippen LogP contribution in [-0.2, 0) is 18.9 Å². The third kappa shape index (κ3) is 4.03. The van der Waals surface area contributed by atoms with Crippen molar-refractivity contribution < 1.29 is 54.7 Å². The van der Waals surface area contributed by atoms with Crippen LogP contribution >= 0.6 is 0 Å². The number of hydrogen-bond donors (Lipinski definition) is 7. The maximum Gasteiger partial charge on any atom is 0.187 e. The van der Waals surface area contributed by atoms with Crippen LogP contribution in [0, 0.1) is 0 Å². The molecule has 11 atom stereocenters. The molecule has 152 valence electrons. The van der Waals surface area contributed by atoms with E-state index in [9.17, 15) is 35.7 Å². The van der Waals surface area contributed by atoms with Crippen molar-refractivity contribution in [3.8, 4) is 0 Å². The van der Waals surface area contributed by atoms with Crippen LogP contribution in [0.1, 0.15) is 6.42 Å². The van der Waals surface area contributed by atoms with E-state index >= 15 is 0 Å². The zero-order chi connectivity index (χ0) is 19.0. The fraction of sp³-hybridized carbons (Fsp3) is 1.00. The molecule has 3 rings (SSSR count). The lowest BCUT2D eigenvalue weighted by atomic mass is 9.92. The first-order valence-electron chi connectivity index (χ1n) is 8.57. The Bertz CT molecular complexity index is 457. The lowest BCUT2D eigenvalue weighted by Crippen LogP contribution is -2.64. The molecule has 0 spiro atoms. The van der Waals surface area contributed by atoms with Crippen LogP contribution in [0.15, 0.2) is 0 Å². The Labute approximate surface area is 149 Å². The number of epoxide rings is 1. The van der Waals surface area contributed by atoms with Gasteiger partial charge < -0.3 is 54.7 Å². The molecule has 11 heteroatoms. The summed E-state index contributed by atoms with van der Waals surface area (Å²) in [5.41, 5.74) is 0. The molecule has 26 heavy (non-hydrogen) atoms. The third-order valence-electron chi connectivity index (χ3n) is 5.00. The minimum atomic E-state index is -1.67. The second kappa shape index (κ2) is 8.29. The van der Waals surface area contributed by atoms with E-state index < -0.39 is 74.4 Å². The van der Waals surface area contributed by atoms with Crippen LogP contribution < -0.4 is 0 Å². The molecule has 0 saturated carbocycles. The number of rotatable bonds is 6. The quantitative estimate of drug-likeness (QED) is 0.220. The average Bonchev–Trinajstić information content (AvgIpc) is 3.45. The van der Waals surface area contributed by atoms with E-state index in [-0.39, 0.29) is 6.10 Å². The monoisotopic (exact) mass is 382 g/mol. The second-order valence-electron chi connectivity index (χ2n) is 6.87. The number of aliphatic hydroxyl groups excluding tert-OH is 7. The fourth-order valence-corrected chi connectivity index (χ4v) is 3.32. The number of aliphatic hydroxyl groups is 7. The summed E-state index contributed by atoms with van der Waals surface area (Å²) >= 11 is 0. The Morgan fingerprint density at radius 1 is 0.731 bits per heavy atom. The van der Waals surface area contributed by atoms with Crippen LogP contribution in [0.2, 0.25) is 0 Å². The molecule has 3 aliphatic rings. The van der Waals surface area contributed by atoms with E-state index in [0.717, 1.165) is 0 Å². The van der Waals surface area contributed by atoms with Gasteiger partial charge in [-0.1, -0.05) is 0 Å². The Morgan fingerprint density at radius 3 is 1.92 bits per heavy atom. The normalized spacial score (nSPS) is 52.0. The summed E-state index contributed by atoms with van der Waals surface area (Å²) < 4.78 is 21.4. The zero-order valence-corrected chi connectivity index (χ0v) is 13.9. The number of hydrogen-bond acceptors (Lipinski definition) is 11. The summed E-state index contributed by atoms with van der Waals surface area (Å²) in [6.45, 7) is -0.630. The van der Waals surface area contributed by atoms with Gasteiger partial charge in [-0.3, -0.25) is 0 Å². The summed E-state index contributed by atoms with van der Waals surface area (Å²) in [5, 5.41) is 69.0. The van der Waals surface area contributed by atoms with Gasteiger partial charge in [0.1, 0.15) is 48.8 Å². The van der Waals surface area contributed by atoms with Gasteiger partial charge in [-0.2, -0.15) is 0 Å². The van der Waals surface area contributed by atoms with Gasteiger partial charge in [-0.05, 0) is 0 Å². The summed E-state index contributed by atoms with van der Waals surface area (Å²) in [6.07, 6.45) is -13.1. The Kier molecular flexibility index (Phi) is 6.47. The summed E-state index contributed by atoms with van der Waals surface area (Å²) in [6, 6.07) is 0. The first kappa shape index (κ1) is 20.3. The first-order chi connectivity index (χ1) is 12.4. The third-order valence-corrected chi connectivity index (χ3v) is 5.00. The van der Waals surface area contributed by atoms with E-state index in [4.69, 9.17) is 18.9 Å². The average molecular weight is 382 g/mol. The van der Waals surface area contributed by atoms with Crippen molar-refractivity contribution in [2.75, 3.05) is 19.8 Å². The van der Waals surface area contributed by atoms with E-state index in [1.54, 1.807) is 0 Å². The highest BCUT2D eigenvalue weighted by Gasteiger charge is 2.51. The van der Waals surface area contributed by atoms with E-state index in [1.165, 1.54) is 0 Å². The molecule has 11 nitrogen and oxygen atoms in total. The largest absolute Gasteiger partial charge is 0.394 e. The molecule has 0 aromatic rings. The molecule has 0 bridgehead atoms. The molecule has 7 N–H and O–H groups in total. The van der Waals surface area contributed by atoms with Crippen molar-refractivity contribution >= 4 is 0 Å². The molecule has 3 saturated heterocycles. The van der Waals surface area contributed by atoms with Gasteiger partial charge >= 0.3 is 0 Å². The van der Waals surface area contributed by atoms with Crippen molar-refractivity contribution in [1.82, 2.24) is 0 Å². The van der Waals surface area contributed by atoms with Gasteiger partial charge in [0, 0.05) is 6.42 Å². The molecule has 0 aromatic heterocycles. The minimum absolute atomic E-state index is 0.0656. The molecule has 0 aromatic carbocycles. The van der Waals surface area contributed by atoms with Crippen LogP contribution in [0.4, 0.5) is 0 Å². The van der Waals surface area contributed by atoms with Crippen molar-refractivity contribution in [2.24, 2.45) is 0 Å². The topological polar surface area (TPSA) is 182 Å². The van der Waals surface area contributed by atoms with Gasteiger partial charge in [0.15, 0.2) is 6.29 Å². The number of ether oxygens (including phenoxy) is 4. The molecule has 3 fully saturated rings. The molecule has 0 aliphatic carbocycles. The van der Waals surface area contributed by atoms with Crippen molar-refractivity contribution in [1.29, 1.82) is 0 Å². The Hall–Kier alpha value is -0.440. The Morgan fingerprint density at radius 2 is 1.35 bits per heavy atom. The molecule has 1 unspecified atom stereocenters. The Balaban J connectivity index is 1.68. The molecule has 3 heterocycles. The van der Waals surface area contributed by atoms with Crippen LogP contribution in [0.25, 0.3) is 0 Å². The molecular weight excluding hydrogens is 356 g/mol. The van der Waals surface area contributed by atoms with Crippen LogP contribution in [0.3, 0.4) is 0 Å². The predicted molar refractivity (Wildman–Crippen MR) is 80.8 cm³/mol. The lowest BCUT2D eigenvalue weighted by Gasteiger charge is -2.46. The standard InChI is InChI=1S/C15H26O11/c16-2-7-10(19)11(20)13(22)15(25-7)26-14-8(3-17)24-6(1-5-4-23-5)9(18)12(14)21/h5-22H,1-4H2/t5?,6-,7+,8+,9-,10+,11-,12+,13+,14+,15-/m0/s1. The van der Waals surface area contributed by atoms with Crippen molar-refractivity contribution in [2.45, 2.75) is 73.8 Å². The molecular formula is C15H26O11. The minimum Gasteiger partial charge on any atom is -0.394 e. The summed E-state index contributed by atoms with van der Waals surface area (Å²) in [7, 11) is 0. The maximum atomic E-state index is 10.4. The van der Waals surface area contributed by atoms with Gasteiger partial charge in [0.25, 0.3) is 0 Å². The zero-order valence-electron chi connectivity index (χ0n) is 13.9. The van der Waals surface area contributed by atoms with Gasteiger partial charge in [-0.15, -0.1) is 0 Å². The van der Waals surface area contributed by atoms with Gasteiger partial charge in [0.2, 0.25) is 0 Å². The fourth-order valence-electron chi connectivity index (χ4n) is 3.32. The van der Waals surface area contributed by atoms with E-state index in [1.807, 2.05) is 0 Å². The molecule has 0 amide bonds. The maximum absolute atomic E-state index is 10.4.